The van der Waals surface area contributed by atoms with E-state index in [4.69, 9.17) is 23.7 Å². The third kappa shape index (κ3) is 25.6. The molecule has 0 bridgehead atoms. The fraction of sp³-hybridized carbons (Fsp3) is 0.829. The Balaban J connectivity index is 0. The highest BCUT2D eigenvalue weighted by Crippen LogP contribution is 2.22. The van der Waals surface area contributed by atoms with E-state index in [9.17, 15) is 28.8 Å². The number of alkyl carbamates (subject to hydrolysis) is 1. The first-order valence-electron chi connectivity index (χ1n) is 17.1. The van der Waals surface area contributed by atoms with Crippen LogP contribution in [0.4, 0.5) is 4.79 Å². The van der Waals surface area contributed by atoms with Crippen LogP contribution in [0.15, 0.2) is 0 Å². The number of hydrogen-bond donors (Lipinski definition) is 1. The molecule has 0 aliphatic carbocycles. The molecule has 12 nitrogen and oxygen atoms in total. The summed E-state index contributed by atoms with van der Waals surface area (Å²) >= 11 is 0. The second-order valence-corrected chi connectivity index (χ2v) is 12.8. The van der Waals surface area contributed by atoms with Gasteiger partial charge in [0, 0.05) is 6.42 Å². The second-order valence-electron chi connectivity index (χ2n) is 12.8. The molecule has 274 valence electrons. The molecular formula is C35H63NO11. The molecule has 0 aromatic heterocycles. The first-order valence-corrected chi connectivity index (χ1v) is 17.1. The van der Waals surface area contributed by atoms with Gasteiger partial charge < -0.3 is 29.0 Å². The van der Waals surface area contributed by atoms with E-state index in [1.165, 1.54) is 13.3 Å². The van der Waals surface area contributed by atoms with Gasteiger partial charge in [-0.25, -0.2) is 4.79 Å². The van der Waals surface area contributed by atoms with Gasteiger partial charge in [0.15, 0.2) is 0 Å². The topological polar surface area (TPSA) is 161 Å². The number of carbonyl (C=O) groups excluding carboxylic acids is 6. The Morgan fingerprint density at radius 3 is 1.74 bits per heavy atom. The van der Waals surface area contributed by atoms with Crippen LogP contribution in [-0.4, -0.2) is 75.3 Å². The number of rotatable bonds is 24. The lowest BCUT2D eigenvalue weighted by Crippen LogP contribution is -2.32. The third-order valence-electron chi connectivity index (χ3n) is 7.73. The number of ether oxygens (including phenoxy) is 5. The van der Waals surface area contributed by atoms with E-state index in [2.05, 4.69) is 19.2 Å². The molecule has 12 heteroatoms. The Bertz CT molecular complexity index is 930. The Hall–Kier alpha value is -3.18. The number of ketones is 1. The molecule has 0 aromatic carbocycles. The molecule has 0 spiro atoms. The van der Waals surface area contributed by atoms with Crippen LogP contribution in [0.5, 0.6) is 0 Å². The smallest absolute Gasteiger partial charge is 0.407 e. The van der Waals surface area contributed by atoms with E-state index >= 15 is 0 Å². The highest BCUT2D eigenvalue weighted by molar-refractivity contribution is 5.94. The minimum Gasteiger partial charge on any atom is -0.465 e. The Morgan fingerprint density at radius 1 is 0.638 bits per heavy atom. The van der Waals surface area contributed by atoms with Crippen molar-refractivity contribution in [2.45, 2.75) is 133 Å². The summed E-state index contributed by atoms with van der Waals surface area (Å²) in [5.74, 6) is -1.12. The van der Waals surface area contributed by atoms with E-state index < -0.39 is 22.9 Å². The van der Waals surface area contributed by atoms with Crippen molar-refractivity contribution in [2.24, 2.45) is 16.7 Å². The highest BCUT2D eigenvalue weighted by atomic mass is 16.6. The average molecular weight is 674 g/mol. The quantitative estimate of drug-likeness (QED) is 0.0515. The molecule has 0 saturated heterocycles. The molecule has 1 amide bonds. The molecule has 0 heterocycles. The fourth-order valence-corrected chi connectivity index (χ4v) is 3.47. The van der Waals surface area contributed by atoms with Crippen LogP contribution >= 0.6 is 0 Å². The predicted molar refractivity (Wildman–Crippen MR) is 178 cm³/mol. The minimum atomic E-state index is -0.594. The molecular weight excluding hydrogens is 610 g/mol. The normalized spacial score (nSPS) is 11.7. The number of carbonyl (C=O) groups is 6. The summed E-state index contributed by atoms with van der Waals surface area (Å²) in [5.41, 5.74) is -1.04. The molecule has 0 saturated carbocycles. The number of unbranched alkanes of at least 4 members (excludes halogenated alkanes) is 3. The Kier molecular flexibility index (Phi) is 26.2. The number of Topliss-reactive ketones (excluding diaryl/α,β-unsaturated/α-hetero) is 1. The molecule has 1 atom stereocenters. The van der Waals surface area contributed by atoms with Gasteiger partial charge in [-0.1, -0.05) is 47.0 Å². The summed E-state index contributed by atoms with van der Waals surface area (Å²) in [6.07, 6.45) is 7.67. The van der Waals surface area contributed by atoms with Crippen molar-refractivity contribution in [2.75, 3.05) is 39.6 Å². The number of nitrogens with one attached hydrogen (secondary N) is 1. The summed E-state index contributed by atoms with van der Waals surface area (Å²) in [6.45, 7) is 17.8. The standard InChI is InChI=1S/C23H43NO6.C12H20O5/c1-6-9-13-19(7-2)18-30-20(25)14-11-10-12-16-29-22(27)24-15-17-28-21(26)23(4,5)8-3;1-5-12(3,4)11(15)17-7-6-16-10(14)8-9(2)13/h19H,6-18H2,1-5H3,(H,24,27);5-8H2,1-4H3. The third-order valence-corrected chi connectivity index (χ3v) is 7.73. The lowest BCUT2D eigenvalue weighted by molar-refractivity contribution is -0.159. The number of esters is 4. The second kappa shape index (κ2) is 26.8. The average Bonchev–Trinajstić information content (AvgIpc) is 3.02. The van der Waals surface area contributed by atoms with Crippen molar-refractivity contribution in [1.82, 2.24) is 5.32 Å². The van der Waals surface area contributed by atoms with Crippen LogP contribution in [0, 0.1) is 16.7 Å². The van der Waals surface area contributed by atoms with Gasteiger partial charge in [-0.3, -0.25) is 24.0 Å². The molecule has 47 heavy (non-hydrogen) atoms. The van der Waals surface area contributed by atoms with Gasteiger partial charge >= 0.3 is 30.0 Å². The summed E-state index contributed by atoms with van der Waals surface area (Å²) in [6, 6.07) is 0. The number of hydrogen-bond acceptors (Lipinski definition) is 11. The molecule has 0 fully saturated rings. The Labute approximate surface area is 282 Å². The molecule has 1 N–H and O–H groups in total. The van der Waals surface area contributed by atoms with Gasteiger partial charge in [-0.05, 0) is 79.1 Å². The molecule has 0 aliphatic heterocycles. The minimum absolute atomic E-state index is 0.0162. The molecule has 0 radical (unpaired) electrons. The van der Waals surface area contributed by atoms with E-state index in [0.717, 1.165) is 32.1 Å². The van der Waals surface area contributed by atoms with E-state index in [0.29, 0.717) is 44.8 Å². The largest absolute Gasteiger partial charge is 0.465 e. The monoisotopic (exact) mass is 673 g/mol. The fourth-order valence-electron chi connectivity index (χ4n) is 3.47. The Morgan fingerprint density at radius 2 is 1.21 bits per heavy atom. The molecule has 0 aliphatic rings. The lowest BCUT2D eigenvalue weighted by atomic mass is 9.91. The van der Waals surface area contributed by atoms with Crippen LogP contribution in [0.1, 0.15) is 133 Å². The predicted octanol–water partition coefficient (Wildman–Crippen LogP) is 6.50. The maximum Gasteiger partial charge on any atom is 0.407 e. The van der Waals surface area contributed by atoms with Crippen LogP contribution in [0.25, 0.3) is 0 Å². The highest BCUT2D eigenvalue weighted by Gasteiger charge is 2.27. The van der Waals surface area contributed by atoms with Crippen molar-refractivity contribution < 1.29 is 52.5 Å². The van der Waals surface area contributed by atoms with Crippen LogP contribution in [0.2, 0.25) is 0 Å². The van der Waals surface area contributed by atoms with Crippen LogP contribution in [0.3, 0.4) is 0 Å². The zero-order valence-corrected chi connectivity index (χ0v) is 30.6. The summed E-state index contributed by atoms with van der Waals surface area (Å²) in [4.78, 5) is 68.2. The maximum absolute atomic E-state index is 11.8. The van der Waals surface area contributed by atoms with Crippen molar-refractivity contribution in [3.63, 3.8) is 0 Å². The molecule has 0 rings (SSSR count). The van der Waals surface area contributed by atoms with Gasteiger partial charge in [0.25, 0.3) is 0 Å². The van der Waals surface area contributed by atoms with E-state index in [1.807, 2.05) is 27.7 Å². The van der Waals surface area contributed by atoms with Gasteiger partial charge in [0.1, 0.15) is 32.0 Å². The zero-order chi connectivity index (χ0) is 36.3. The zero-order valence-electron chi connectivity index (χ0n) is 30.6. The van der Waals surface area contributed by atoms with Gasteiger partial charge in [0.05, 0.1) is 30.6 Å². The van der Waals surface area contributed by atoms with Gasteiger partial charge in [-0.2, -0.15) is 0 Å². The van der Waals surface area contributed by atoms with E-state index in [1.54, 1.807) is 13.8 Å². The molecule has 1 unspecified atom stereocenters. The maximum atomic E-state index is 11.8. The number of amides is 1. The van der Waals surface area contributed by atoms with Gasteiger partial charge in [0.2, 0.25) is 0 Å². The van der Waals surface area contributed by atoms with E-state index in [-0.39, 0.29) is 56.5 Å². The van der Waals surface area contributed by atoms with Crippen LogP contribution < -0.4 is 5.32 Å². The first-order chi connectivity index (χ1) is 22.1. The summed E-state index contributed by atoms with van der Waals surface area (Å²) in [5, 5.41) is 2.55. The van der Waals surface area contributed by atoms with Crippen molar-refractivity contribution in [3.8, 4) is 0 Å². The van der Waals surface area contributed by atoms with Crippen molar-refractivity contribution >= 4 is 35.8 Å². The SMILES string of the molecule is CCC(C)(C)C(=O)OCCOC(=O)CC(C)=O.CCCCC(CC)COC(=O)CCCCCOC(=O)NCCOC(=O)C(C)(C)CC. The summed E-state index contributed by atoms with van der Waals surface area (Å²) < 4.78 is 25.2. The van der Waals surface area contributed by atoms with Crippen LogP contribution in [-0.2, 0) is 47.7 Å². The van der Waals surface area contributed by atoms with Crippen molar-refractivity contribution in [1.29, 1.82) is 0 Å². The summed E-state index contributed by atoms with van der Waals surface area (Å²) in [7, 11) is 0. The first kappa shape index (κ1) is 45.9. The van der Waals surface area contributed by atoms with Crippen molar-refractivity contribution in [3.05, 3.63) is 0 Å². The lowest BCUT2D eigenvalue weighted by Gasteiger charge is -2.20. The molecule has 0 aromatic rings. The van der Waals surface area contributed by atoms with Gasteiger partial charge in [-0.15, -0.1) is 0 Å².